The summed E-state index contributed by atoms with van der Waals surface area (Å²) in [5.74, 6) is 0.539. The average Bonchev–Trinajstić information content (AvgIpc) is 3.44. The SMILES string of the molecule is CC1(C)c2cc(OC[C@@H](O)CO)ccc2C(=O)c2c1[nH]c1cc(-c3nccs3)ccc21. The summed E-state index contributed by atoms with van der Waals surface area (Å²) in [6, 6.07) is 11.4. The number of aliphatic hydroxyl groups excluding tert-OH is 2. The molecular weight excluding hydrogens is 412 g/mol. The highest BCUT2D eigenvalue weighted by Crippen LogP contribution is 2.45. The third-order valence-corrected chi connectivity index (χ3v) is 6.71. The van der Waals surface area contributed by atoms with Gasteiger partial charge in [0, 0.05) is 44.7 Å². The van der Waals surface area contributed by atoms with Gasteiger partial charge in [-0.25, -0.2) is 4.98 Å². The summed E-state index contributed by atoms with van der Waals surface area (Å²) in [4.78, 5) is 21.4. The first-order chi connectivity index (χ1) is 14.9. The third-order valence-electron chi connectivity index (χ3n) is 5.89. The molecule has 1 aliphatic carbocycles. The molecule has 6 nitrogen and oxygen atoms in total. The molecule has 5 rings (SSSR count). The number of ketones is 1. The molecule has 0 unspecified atom stereocenters. The zero-order chi connectivity index (χ0) is 21.8. The summed E-state index contributed by atoms with van der Waals surface area (Å²) in [5.41, 5.74) is 4.58. The van der Waals surface area contributed by atoms with Crippen molar-refractivity contribution in [3.05, 3.63) is 70.4 Å². The molecule has 0 fully saturated rings. The zero-order valence-corrected chi connectivity index (χ0v) is 18.0. The lowest BCUT2D eigenvalue weighted by atomic mass is 9.71. The van der Waals surface area contributed by atoms with Crippen molar-refractivity contribution in [3.8, 4) is 16.3 Å². The van der Waals surface area contributed by atoms with E-state index in [4.69, 9.17) is 9.84 Å². The van der Waals surface area contributed by atoms with Crippen molar-refractivity contribution < 1.29 is 19.7 Å². The normalized spacial score (nSPS) is 15.5. The number of carbonyl (C=O) groups excluding carboxylic acids is 1. The van der Waals surface area contributed by atoms with Crippen molar-refractivity contribution in [2.45, 2.75) is 25.4 Å². The van der Waals surface area contributed by atoms with Gasteiger partial charge in [-0.15, -0.1) is 11.3 Å². The van der Waals surface area contributed by atoms with Crippen LogP contribution in [0.2, 0.25) is 0 Å². The van der Waals surface area contributed by atoms with E-state index in [1.807, 2.05) is 29.6 Å². The van der Waals surface area contributed by atoms with Gasteiger partial charge < -0.3 is 19.9 Å². The van der Waals surface area contributed by atoms with Crippen LogP contribution in [0.15, 0.2) is 48.0 Å². The van der Waals surface area contributed by atoms with Crippen LogP contribution >= 0.6 is 11.3 Å². The van der Waals surface area contributed by atoms with E-state index in [0.29, 0.717) is 16.9 Å². The number of hydrogen-bond donors (Lipinski definition) is 3. The molecule has 0 amide bonds. The molecule has 1 aliphatic rings. The molecule has 0 spiro atoms. The first-order valence-electron chi connectivity index (χ1n) is 10.1. The van der Waals surface area contributed by atoms with E-state index >= 15 is 0 Å². The maximum Gasteiger partial charge on any atom is 0.195 e. The number of aromatic nitrogens is 2. The molecular formula is C24H22N2O4S. The third kappa shape index (κ3) is 3.17. The van der Waals surface area contributed by atoms with Crippen LogP contribution in [0.4, 0.5) is 0 Å². The summed E-state index contributed by atoms with van der Waals surface area (Å²) in [6.45, 7) is 3.79. The molecule has 0 aliphatic heterocycles. The Balaban J connectivity index is 1.60. The van der Waals surface area contributed by atoms with Gasteiger partial charge in [0.25, 0.3) is 0 Å². The largest absolute Gasteiger partial charge is 0.491 e. The van der Waals surface area contributed by atoms with E-state index in [9.17, 15) is 9.90 Å². The fourth-order valence-electron chi connectivity index (χ4n) is 4.24. The van der Waals surface area contributed by atoms with Gasteiger partial charge in [0.15, 0.2) is 5.78 Å². The maximum absolute atomic E-state index is 13.5. The van der Waals surface area contributed by atoms with Gasteiger partial charge in [-0.2, -0.15) is 0 Å². The Hall–Kier alpha value is -3.00. The summed E-state index contributed by atoms with van der Waals surface area (Å²) in [5, 5.41) is 22.4. The molecule has 0 saturated carbocycles. The molecule has 31 heavy (non-hydrogen) atoms. The highest BCUT2D eigenvalue weighted by Gasteiger charge is 2.39. The molecule has 4 aromatic rings. The van der Waals surface area contributed by atoms with Gasteiger partial charge in [-0.3, -0.25) is 4.79 Å². The van der Waals surface area contributed by atoms with E-state index in [2.05, 4.69) is 23.8 Å². The first-order valence-corrected chi connectivity index (χ1v) is 10.9. The van der Waals surface area contributed by atoms with Gasteiger partial charge in [0.2, 0.25) is 0 Å². The fourth-order valence-corrected chi connectivity index (χ4v) is 4.88. The maximum atomic E-state index is 13.5. The Morgan fingerprint density at radius 2 is 2.06 bits per heavy atom. The summed E-state index contributed by atoms with van der Waals surface area (Å²) >= 11 is 1.58. The Bertz CT molecular complexity index is 1290. The summed E-state index contributed by atoms with van der Waals surface area (Å²) in [7, 11) is 0. The second-order valence-corrected chi connectivity index (χ2v) is 9.18. The minimum Gasteiger partial charge on any atom is -0.491 e. The van der Waals surface area contributed by atoms with Gasteiger partial charge >= 0.3 is 0 Å². The standard InChI is InChI=1S/C24H22N2O4S/c1-24(2)18-10-15(30-12-14(28)11-27)4-6-16(18)21(29)20-17-5-3-13(23-25-7-8-31-23)9-19(17)26-22(20)24/h3-10,14,26-28H,11-12H2,1-2H3/t14-/m0/s1. The first kappa shape index (κ1) is 19.9. The van der Waals surface area contributed by atoms with Crippen molar-refractivity contribution in [1.29, 1.82) is 0 Å². The van der Waals surface area contributed by atoms with Gasteiger partial charge in [0.1, 0.15) is 23.5 Å². The molecule has 0 radical (unpaired) electrons. The van der Waals surface area contributed by atoms with E-state index < -0.39 is 11.5 Å². The molecule has 2 heterocycles. The number of thiazole rings is 1. The van der Waals surface area contributed by atoms with Crippen LogP contribution in [0.25, 0.3) is 21.5 Å². The molecule has 0 bridgehead atoms. The number of hydrogen-bond acceptors (Lipinski definition) is 6. The number of rotatable bonds is 5. The Kier molecular flexibility index (Phi) is 4.69. The summed E-state index contributed by atoms with van der Waals surface area (Å²) < 4.78 is 5.62. The molecule has 0 saturated heterocycles. The number of nitrogens with one attached hydrogen (secondary N) is 1. The van der Waals surface area contributed by atoms with Crippen LogP contribution in [-0.4, -0.2) is 45.3 Å². The smallest absolute Gasteiger partial charge is 0.195 e. The quantitative estimate of drug-likeness (QED) is 0.443. The van der Waals surface area contributed by atoms with Gasteiger partial charge in [0.05, 0.1) is 12.2 Å². The lowest BCUT2D eigenvalue weighted by Gasteiger charge is -2.32. The predicted molar refractivity (Wildman–Crippen MR) is 120 cm³/mol. The number of H-pyrrole nitrogens is 1. The molecule has 2 aromatic heterocycles. The monoisotopic (exact) mass is 434 g/mol. The topological polar surface area (TPSA) is 95.4 Å². The second-order valence-electron chi connectivity index (χ2n) is 8.28. The second kappa shape index (κ2) is 7.30. The number of aliphatic hydroxyl groups is 2. The minimum atomic E-state index is -0.946. The van der Waals surface area contributed by atoms with Gasteiger partial charge in [-0.05, 0) is 29.8 Å². The minimum absolute atomic E-state index is 0.0131. The van der Waals surface area contributed by atoms with Crippen LogP contribution in [0.5, 0.6) is 5.75 Å². The molecule has 2 aromatic carbocycles. The van der Waals surface area contributed by atoms with Crippen LogP contribution in [0, 0.1) is 0 Å². The zero-order valence-electron chi connectivity index (χ0n) is 17.2. The van der Waals surface area contributed by atoms with Gasteiger partial charge in [-0.1, -0.05) is 26.0 Å². The van der Waals surface area contributed by atoms with E-state index in [1.165, 1.54) is 0 Å². The number of carbonyl (C=O) groups is 1. The highest BCUT2D eigenvalue weighted by atomic mass is 32.1. The Labute approximate surface area is 183 Å². The Morgan fingerprint density at radius 3 is 2.81 bits per heavy atom. The average molecular weight is 435 g/mol. The van der Waals surface area contributed by atoms with Crippen LogP contribution in [0.1, 0.15) is 41.0 Å². The number of fused-ring (bicyclic) bond motifs is 4. The van der Waals surface area contributed by atoms with Crippen molar-refractivity contribution in [3.63, 3.8) is 0 Å². The molecule has 3 N–H and O–H groups in total. The lowest BCUT2D eigenvalue weighted by Crippen LogP contribution is -2.30. The van der Waals surface area contributed by atoms with Crippen molar-refractivity contribution in [2.24, 2.45) is 0 Å². The van der Waals surface area contributed by atoms with E-state index in [-0.39, 0.29) is 19.0 Å². The van der Waals surface area contributed by atoms with E-state index in [1.54, 1.807) is 29.7 Å². The highest BCUT2D eigenvalue weighted by molar-refractivity contribution is 7.13. The van der Waals surface area contributed by atoms with Crippen LogP contribution in [-0.2, 0) is 5.41 Å². The van der Waals surface area contributed by atoms with E-state index in [0.717, 1.165) is 32.7 Å². The Morgan fingerprint density at radius 1 is 1.23 bits per heavy atom. The number of aromatic amines is 1. The summed E-state index contributed by atoms with van der Waals surface area (Å²) in [6.07, 6.45) is 0.838. The lowest BCUT2D eigenvalue weighted by molar-refractivity contribution is 0.0535. The molecule has 1 atom stereocenters. The fraction of sp³-hybridized carbons (Fsp3) is 0.250. The number of benzene rings is 2. The van der Waals surface area contributed by atoms with Crippen molar-refractivity contribution in [2.75, 3.05) is 13.2 Å². The van der Waals surface area contributed by atoms with Crippen molar-refractivity contribution in [1.82, 2.24) is 9.97 Å². The molecule has 7 heteroatoms. The molecule has 158 valence electrons. The number of ether oxygens (including phenoxy) is 1. The predicted octanol–water partition coefficient (Wildman–Crippen LogP) is 3.89. The number of nitrogens with zero attached hydrogens (tertiary/aromatic N) is 1. The van der Waals surface area contributed by atoms with Crippen molar-refractivity contribution >= 4 is 28.0 Å². The van der Waals surface area contributed by atoms with Crippen LogP contribution in [0.3, 0.4) is 0 Å². The van der Waals surface area contributed by atoms with Crippen LogP contribution < -0.4 is 4.74 Å².